The van der Waals surface area contributed by atoms with Crippen molar-refractivity contribution in [3.8, 4) is 5.75 Å². The van der Waals surface area contributed by atoms with Gasteiger partial charge in [-0.1, -0.05) is 37.8 Å². The number of anilines is 1. The minimum Gasteiger partial charge on any atom is -0.488 e. The number of nitrogens with zero attached hydrogens (tertiary/aromatic N) is 2. The van der Waals surface area contributed by atoms with Crippen molar-refractivity contribution < 1.29 is 27.9 Å². The van der Waals surface area contributed by atoms with Crippen molar-refractivity contribution in [3.63, 3.8) is 0 Å². The molecule has 0 unspecified atom stereocenters. The van der Waals surface area contributed by atoms with Crippen LogP contribution in [0.1, 0.15) is 56.3 Å². The average molecular weight is 607 g/mol. The summed E-state index contributed by atoms with van der Waals surface area (Å²) in [4.78, 5) is 28.0. The van der Waals surface area contributed by atoms with Gasteiger partial charge in [-0.2, -0.15) is 4.31 Å². The summed E-state index contributed by atoms with van der Waals surface area (Å²) in [6, 6.07) is 10.1. The molecule has 3 atom stereocenters. The Bertz CT molecular complexity index is 1330. The van der Waals surface area contributed by atoms with E-state index in [4.69, 9.17) is 16.3 Å². The molecule has 12 heteroatoms. The highest BCUT2D eigenvalue weighted by molar-refractivity contribution is 7.89. The molecule has 1 heterocycles. The van der Waals surface area contributed by atoms with Crippen molar-refractivity contribution in [2.45, 2.75) is 69.0 Å². The molecule has 41 heavy (non-hydrogen) atoms. The van der Waals surface area contributed by atoms with Gasteiger partial charge in [0.2, 0.25) is 10.0 Å². The number of ether oxygens (including phenoxy) is 1. The number of halogens is 1. The van der Waals surface area contributed by atoms with Crippen molar-refractivity contribution in [2.75, 3.05) is 32.1 Å². The summed E-state index contributed by atoms with van der Waals surface area (Å²) >= 11 is 5.94. The summed E-state index contributed by atoms with van der Waals surface area (Å²) in [6.07, 6.45) is 4.63. The van der Waals surface area contributed by atoms with Crippen LogP contribution >= 0.6 is 11.6 Å². The van der Waals surface area contributed by atoms with Crippen LogP contribution in [0.4, 0.5) is 10.5 Å². The normalized spacial score (nSPS) is 20.9. The van der Waals surface area contributed by atoms with E-state index in [-0.39, 0.29) is 59.8 Å². The lowest BCUT2D eigenvalue weighted by molar-refractivity contribution is 0.0387. The van der Waals surface area contributed by atoms with Gasteiger partial charge in [0, 0.05) is 36.3 Å². The predicted octanol–water partition coefficient (Wildman–Crippen LogP) is 4.34. The molecule has 2 aliphatic rings. The Kier molecular flexibility index (Phi) is 10.2. The molecule has 1 fully saturated rings. The maximum Gasteiger partial charge on any atom is 0.319 e. The standard InChI is InChI=1S/C29H39ClN4O6S/c1-19-16-34(20(2)18-35)28(36)25-15-23(32-29(37)31-22-7-5-4-6-8-22)11-14-26(25)40-27(19)17-33(3)41(38,39)24-12-9-21(30)10-13-24/h9-15,19-20,22,27,35H,4-8,16-18H2,1-3H3,(H2,31,32,37)/t19-,20-,27+/m0/s1. The van der Waals surface area contributed by atoms with Crippen LogP contribution in [0.2, 0.25) is 5.02 Å². The Balaban J connectivity index is 1.59. The molecule has 0 radical (unpaired) electrons. The second kappa shape index (κ2) is 13.4. The van der Waals surface area contributed by atoms with Crippen LogP contribution in [0.3, 0.4) is 0 Å². The smallest absolute Gasteiger partial charge is 0.319 e. The molecule has 1 aliphatic carbocycles. The third-order valence-electron chi connectivity index (χ3n) is 7.82. The number of rotatable bonds is 8. The van der Waals surface area contributed by atoms with Crippen LogP contribution in [0.5, 0.6) is 5.75 Å². The number of hydrogen-bond donors (Lipinski definition) is 3. The van der Waals surface area contributed by atoms with Crippen molar-refractivity contribution in [2.24, 2.45) is 5.92 Å². The van der Waals surface area contributed by atoms with Gasteiger partial charge in [-0.15, -0.1) is 0 Å². The molecule has 3 N–H and O–H groups in total. The zero-order chi connectivity index (χ0) is 29.7. The number of carbonyl (C=O) groups is 2. The number of carbonyl (C=O) groups excluding carboxylic acids is 2. The number of benzene rings is 2. The minimum absolute atomic E-state index is 0.0187. The number of aliphatic hydroxyl groups excluding tert-OH is 1. The molecular formula is C29H39ClN4O6S. The number of likely N-dealkylation sites (N-methyl/N-ethyl adjacent to an activating group) is 1. The lowest BCUT2D eigenvalue weighted by Gasteiger charge is -2.38. The SMILES string of the molecule is C[C@H]1CN([C@@H](C)CO)C(=O)c2cc(NC(=O)NC3CCCCC3)ccc2O[C@@H]1CN(C)S(=O)(=O)c1ccc(Cl)cc1. The molecule has 0 bridgehead atoms. The van der Waals surface area contributed by atoms with Crippen molar-refractivity contribution in [3.05, 3.63) is 53.1 Å². The fourth-order valence-corrected chi connectivity index (χ4v) is 6.56. The largest absolute Gasteiger partial charge is 0.488 e. The number of urea groups is 1. The number of sulfonamides is 1. The second-order valence-corrected chi connectivity index (χ2v) is 13.5. The number of nitrogens with one attached hydrogen (secondary N) is 2. The van der Waals surface area contributed by atoms with E-state index < -0.39 is 22.2 Å². The quantitative estimate of drug-likeness (QED) is 0.410. The average Bonchev–Trinajstić information content (AvgIpc) is 2.95. The lowest BCUT2D eigenvalue weighted by Crippen LogP contribution is -2.50. The molecule has 2 aromatic rings. The van der Waals surface area contributed by atoms with Gasteiger partial charge < -0.3 is 25.4 Å². The van der Waals surface area contributed by atoms with Crippen LogP contribution in [0.15, 0.2) is 47.4 Å². The van der Waals surface area contributed by atoms with Crippen molar-refractivity contribution in [1.82, 2.24) is 14.5 Å². The summed E-state index contributed by atoms with van der Waals surface area (Å²) in [6.45, 7) is 3.64. The first-order valence-electron chi connectivity index (χ1n) is 14.0. The van der Waals surface area contributed by atoms with Gasteiger partial charge in [0.1, 0.15) is 11.9 Å². The van der Waals surface area contributed by atoms with E-state index in [2.05, 4.69) is 10.6 Å². The number of aliphatic hydroxyl groups is 1. The molecule has 3 amide bonds. The Morgan fingerprint density at radius 3 is 2.51 bits per heavy atom. The number of amides is 3. The zero-order valence-electron chi connectivity index (χ0n) is 23.7. The first-order chi connectivity index (χ1) is 19.5. The maximum absolute atomic E-state index is 13.7. The Morgan fingerprint density at radius 2 is 1.85 bits per heavy atom. The second-order valence-electron chi connectivity index (χ2n) is 11.0. The fraction of sp³-hybridized carbons (Fsp3) is 0.517. The summed E-state index contributed by atoms with van der Waals surface area (Å²) in [5.41, 5.74) is 0.652. The van der Waals surface area contributed by atoms with E-state index in [1.807, 2.05) is 6.92 Å². The first-order valence-corrected chi connectivity index (χ1v) is 15.8. The molecule has 0 saturated heterocycles. The van der Waals surface area contributed by atoms with E-state index in [1.165, 1.54) is 42.0 Å². The topological polar surface area (TPSA) is 128 Å². The van der Waals surface area contributed by atoms with Crippen LogP contribution < -0.4 is 15.4 Å². The van der Waals surface area contributed by atoms with Gasteiger partial charge in [0.05, 0.1) is 29.7 Å². The molecule has 4 rings (SSSR count). The van der Waals surface area contributed by atoms with E-state index >= 15 is 0 Å². The third-order valence-corrected chi connectivity index (χ3v) is 9.91. The maximum atomic E-state index is 13.7. The van der Waals surface area contributed by atoms with Crippen LogP contribution in [0.25, 0.3) is 0 Å². The molecule has 1 saturated carbocycles. The van der Waals surface area contributed by atoms with Crippen molar-refractivity contribution >= 4 is 39.2 Å². The summed E-state index contributed by atoms with van der Waals surface area (Å²) < 4.78 is 34.1. The van der Waals surface area contributed by atoms with Crippen LogP contribution in [-0.4, -0.2) is 79.6 Å². The highest BCUT2D eigenvalue weighted by atomic mass is 35.5. The van der Waals surface area contributed by atoms with Crippen LogP contribution in [-0.2, 0) is 10.0 Å². The molecule has 1 aliphatic heterocycles. The highest BCUT2D eigenvalue weighted by Gasteiger charge is 2.35. The van der Waals surface area contributed by atoms with Gasteiger partial charge >= 0.3 is 6.03 Å². The van der Waals surface area contributed by atoms with E-state index in [1.54, 1.807) is 30.0 Å². The Labute approximate surface area is 247 Å². The van der Waals surface area contributed by atoms with E-state index in [9.17, 15) is 23.1 Å². The molecule has 10 nitrogen and oxygen atoms in total. The fourth-order valence-electron chi connectivity index (χ4n) is 5.26. The first kappa shape index (κ1) is 31.1. The number of hydrogen-bond acceptors (Lipinski definition) is 6. The number of fused-ring (bicyclic) bond motifs is 1. The predicted molar refractivity (Wildman–Crippen MR) is 158 cm³/mol. The van der Waals surface area contributed by atoms with E-state index in [0.717, 1.165) is 25.7 Å². The molecular weight excluding hydrogens is 568 g/mol. The molecule has 2 aromatic carbocycles. The highest BCUT2D eigenvalue weighted by Crippen LogP contribution is 2.31. The summed E-state index contributed by atoms with van der Waals surface area (Å²) in [5, 5.41) is 16.2. The minimum atomic E-state index is -3.84. The van der Waals surface area contributed by atoms with E-state index in [0.29, 0.717) is 10.7 Å². The van der Waals surface area contributed by atoms with Gasteiger partial charge in [0.15, 0.2) is 0 Å². The lowest BCUT2D eigenvalue weighted by atomic mass is 9.96. The zero-order valence-corrected chi connectivity index (χ0v) is 25.2. The summed E-state index contributed by atoms with van der Waals surface area (Å²) in [5.74, 6) is -0.342. The summed E-state index contributed by atoms with van der Waals surface area (Å²) in [7, 11) is -2.35. The van der Waals surface area contributed by atoms with Gasteiger partial charge in [-0.05, 0) is 62.2 Å². The molecule has 224 valence electrons. The third kappa shape index (κ3) is 7.51. The van der Waals surface area contributed by atoms with Gasteiger partial charge in [-0.3, -0.25) is 4.79 Å². The van der Waals surface area contributed by atoms with Gasteiger partial charge in [-0.25, -0.2) is 13.2 Å². The molecule has 0 spiro atoms. The van der Waals surface area contributed by atoms with Crippen LogP contribution in [0, 0.1) is 5.92 Å². The van der Waals surface area contributed by atoms with Gasteiger partial charge in [0.25, 0.3) is 5.91 Å². The Hall–Kier alpha value is -2.86. The van der Waals surface area contributed by atoms with Crippen molar-refractivity contribution in [1.29, 1.82) is 0 Å². The monoisotopic (exact) mass is 606 g/mol. The molecule has 0 aromatic heterocycles. The Morgan fingerprint density at radius 1 is 1.17 bits per heavy atom.